The Bertz CT molecular complexity index is 949. The van der Waals surface area contributed by atoms with Gasteiger partial charge in [0.25, 0.3) is 0 Å². The van der Waals surface area contributed by atoms with E-state index in [2.05, 4.69) is 9.46 Å². The van der Waals surface area contributed by atoms with Gasteiger partial charge in [0.15, 0.2) is 0 Å². The van der Waals surface area contributed by atoms with Gasteiger partial charge in [-0.3, -0.25) is 4.79 Å². The number of ether oxygens (including phenoxy) is 1. The Morgan fingerprint density at radius 3 is 2.60 bits per heavy atom. The van der Waals surface area contributed by atoms with Crippen molar-refractivity contribution in [3.05, 3.63) is 34.5 Å². The molecule has 0 radical (unpaired) electrons. The summed E-state index contributed by atoms with van der Waals surface area (Å²) in [7, 11) is 0.590. The van der Waals surface area contributed by atoms with E-state index < -0.39 is 15.5 Å². The molecule has 1 aromatic heterocycles. The zero-order valence-electron chi connectivity index (χ0n) is 13.9. The highest BCUT2D eigenvalue weighted by Gasteiger charge is 2.25. The van der Waals surface area contributed by atoms with E-state index in [-0.39, 0.29) is 27.7 Å². The molecule has 0 spiro atoms. The third kappa shape index (κ3) is 3.23. The summed E-state index contributed by atoms with van der Waals surface area (Å²) in [6, 6.07) is 3.06. The molecule has 1 aromatic carbocycles. The van der Waals surface area contributed by atoms with Crippen LogP contribution >= 0.6 is 11.6 Å². The maximum Gasteiger partial charge on any atom is 0.220 e. The number of hydrogen-bond acceptors (Lipinski definition) is 6. The Kier molecular flexibility index (Phi) is 4.75. The average Bonchev–Trinajstić information content (AvgIpc) is 3.16. The predicted molar refractivity (Wildman–Crippen MR) is 95.5 cm³/mol. The first-order valence-electron chi connectivity index (χ1n) is 7.71. The summed E-state index contributed by atoms with van der Waals surface area (Å²) in [5, 5.41) is 13.9. The van der Waals surface area contributed by atoms with Gasteiger partial charge in [0, 0.05) is 24.1 Å². The van der Waals surface area contributed by atoms with E-state index in [1.807, 2.05) is 0 Å². The van der Waals surface area contributed by atoms with E-state index in [4.69, 9.17) is 16.3 Å². The number of halogens is 1. The number of benzene rings is 1. The topological polar surface area (TPSA) is 93.8 Å². The van der Waals surface area contributed by atoms with E-state index >= 15 is 0 Å². The Morgan fingerprint density at radius 2 is 2.04 bits per heavy atom. The summed E-state index contributed by atoms with van der Waals surface area (Å²) in [4.78, 5) is 12.7. The molecule has 2 heterocycles. The Hall–Kier alpha value is -2.06. The van der Waals surface area contributed by atoms with Crippen LogP contribution in [0.5, 0.6) is 11.6 Å². The molecule has 1 N–H and O–H groups in total. The highest BCUT2D eigenvalue weighted by molar-refractivity contribution is 7.93. The average molecular weight is 384 g/mol. The number of carbonyl (C=O) groups is 1. The number of aromatic hydroxyl groups is 1. The van der Waals surface area contributed by atoms with Crippen molar-refractivity contribution in [3.8, 4) is 11.6 Å². The lowest BCUT2D eigenvalue weighted by Crippen LogP contribution is -2.04. The quantitative estimate of drug-likeness (QED) is 0.819. The minimum Gasteiger partial charge on any atom is -0.494 e. The van der Waals surface area contributed by atoms with Gasteiger partial charge in [-0.25, -0.2) is 8.89 Å². The summed E-state index contributed by atoms with van der Waals surface area (Å²) in [5.74, 6) is 0.627. The lowest BCUT2D eigenvalue weighted by molar-refractivity contribution is 0.103. The predicted octanol–water partition coefficient (Wildman–Crippen LogP) is 2.91. The second-order valence-corrected chi connectivity index (χ2v) is 8.71. The second-order valence-electron chi connectivity index (χ2n) is 5.79. The molecule has 1 saturated heterocycles. The van der Waals surface area contributed by atoms with Crippen molar-refractivity contribution in [2.24, 2.45) is 11.4 Å². The molecule has 0 saturated carbocycles. The molecule has 1 fully saturated rings. The van der Waals surface area contributed by atoms with Crippen molar-refractivity contribution in [3.63, 3.8) is 0 Å². The summed E-state index contributed by atoms with van der Waals surface area (Å²) < 4.78 is 23.6. The standard InChI is InChI=1S/C16H18ClN3O4S/c1-20-16(22)11(9-18-20)15(21)10-5-6-12(24-2)14(13(10)17)19-25(23)7-3-4-8-25/h5-6,9,22H,3-4,7-8H2,1-2H3. The van der Waals surface area contributed by atoms with E-state index in [0.717, 1.165) is 12.8 Å². The number of aryl methyl sites for hydroxylation is 1. The molecule has 2 aromatic rings. The van der Waals surface area contributed by atoms with Gasteiger partial charge in [-0.15, -0.1) is 0 Å². The molecule has 0 amide bonds. The summed E-state index contributed by atoms with van der Waals surface area (Å²) in [6.07, 6.45) is 2.97. The molecule has 0 atom stereocenters. The van der Waals surface area contributed by atoms with Gasteiger partial charge < -0.3 is 9.84 Å². The monoisotopic (exact) mass is 383 g/mol. The summed E-state index contributed by atoms with van der Waals surface area (Å²) in [6.45, 7) is 0. The van der Waals surface area contributed by atoms with Gasteiger partial charge in [-0.05, 0) is 25.0 Å². The minimum atomic E-state index is -2.39. The third-order valence-electron chi connectivity index (χ3n) is 4.13. The van der Waals surface area contributed by atoms with Crippen LogP contribution in [0.3, 0.4) is 0 Å². The number of methoxy groups -OCH3 is 1. The van der Waals surface area contributed by atoms with Crippen LogP contribution in [0.1, 0.15) is 28.8 Å². The molecule has 7 nitrogen and oxygen atoms in total. The van der Waals surface area contributed by atoms with E-state index in [9.17, 15) is 14.1 Å². The molecular weight excluding hydrogens is 366 g/mol. The Balaban J connectivity index is 2.14. The van der Waals surface area contributed by atoms with Crippen LogP contribution in [-0.4, -0.2) is 43.5 Å². The number of ketones is 1. The number of rotatable bonds is 4. The molecule has 0 unspecified atom stereocenters. The Morgan fingerprint density at radius 1 is 1.36 bits per heavy atom. The van der Waals surface area contributed by atoms with Crippen molar-refractivity contribution in [2.75, 3.05) is 18.6 Å². The normalized spacial score (nSPS) is 16.0. The number of aromatic nitrogens is 2. The fourth-order valence-electron chi connectivity index (χ4n) is 2.72. The van der Waals surface area contributed by atoms with Crippen molar-refractivity contribution in [1.29, 1.82) is 0 Å². The molecule has 25 heavy (non-hydrogen) atoms. The van der Waals surface area contributed by atoms with Gasteiger partial charge in [-0.2, -0.15) is 9.46 Å². The van der Waals surface area contributed by atoms with Crippen molar-refractivity contribution in [2.45, 2.75) is 12.8 Å². The number of hydrogen-bond donors (Lipinski definition) is 1. The molecular formula is C16H18ClN3O4S. The van der Waals surface area contributed by atoms with E-state index in [1.54, 1.807) is 6.07 Å². The molecule has 134 valence electrons. The molecule has 9 heteroatoms. The zero-order valence-corrected chi connectivity index (χ0v) is 15.4. The number of nitrogens with zero attached hydrogens (tertiary/aromatic N) is 3. The Labute approximate surface area is 150 Å². The van der Waals surface area contributed by atoms with Gasteiger partial charge >= 0.3 is 0 Å². The first kappa shape index (κ1) is 17.8. The van der Waals surface area contributed by atoms with Crippen molar-refractivity contribution in [1.82, 2.24) is 9.78 Å². The lowest BCUT2D eigenvalue weighted by atomic mass is 10.0. The van der Waals surface area contributed by atoms with Crippen LogP contribution in [0.25, 0.3) is 0 Å². The first-order chi connectivity index (χ1) is 11.9. The number of carbonyl (C=O) groups excluding carboxylic acids is 1. The molecule has 0 aliphatic carbocycles. The molecule has 0 bridgehead atoms. The summed E-state index contributed by atoms with van der Waals surface area (Å²) in [5.41, 5.74) is 0.390. The fraction of sp³-hybridized carbons (Fsp3) is 0.375. The SMILES string of the molecule is COc1ccc(C(=O)c2cnn(C)c2O)c(Cl)c1N=S1(=O)CCCC1. The third-order valence-corrected chi connectivity index (χ3v) is 6.88. The van der Waals surface area contributed by atoms with Crippen LogP contribution in [0, 0.1) is 0 Å². The highest BCUT2D eigenvalue weighted by atomic mass is 35.5. The fourth-order valence-corrected chi connectivity index (χ4v) is 5.27. The van der Waals surface area contributed by atoms with Crippen LogP contribution in [0.15, 0.2) is 22.7 Å². The smallest absolute Gasteiger partial charge is 0.220 e. The van der Waals surface area contributed by atoms with Crippen molar-refractivity contribution < 1.29 is 18.8 Å². The molecule has 3 rings (SSSR count). The van der Waals surface area contributed by atoms with Crippen LogP contribution < -0.4 is 4.74 Å². The van der Waals surface area contributed by atoms with Crippen LogP contribution in [0.4, 0.5) is 5.69 Å². The van der Waals surface area contributed by atoms with Gasteiger partial charge in [0.05, 0.1) is 28.1 Å². The van der Waals surface area contributed by atoms with Crippen LogP contribution in [0.2, 0.25) is 5.02 Å². The van der Waals surface area contributed by atoms with Crippen LogP contribution in [-0.2, 0) is 16.8 Å². The van der Waals surface area contributed by atoms with Gasteiger partial charge in [0.2, 0.25) is 11.7 Å². The molecule has 1 aliphatic heterocycles. The maximum atomic E-state index is 12.8. The highest BCUT2D eigenvalue weighted by Crippen LogP contribution is 2.40. The van der Waals surface area contributed by atoms with E-state index in [1.165, 1.54) is 31.1 Å². The largest absolute Gasteiger partial charge is 0.494 e. The van der Waals surface area contributed by atoms with E-state index in [0.29, 0.717) is 17.3 Å². The zero-order chi connectivity index (χ0) is 18.2. The lowest BCUT2D eigenvalue weighted by Gasteiger charge is -2.11. The van der Waals surface area contributed by atoms with Gasteiger partial charge in [-0.1, -0.05) is 11.6 Å². The first-order valence-corrected chi connectivity index (χ1v) is 9.94. The molecule has 1 aliphatic rings. The second kappa shape index (κ2) is 6.68. The van der Waals surface area contributed by atoms with Gasteiger partial charge in [0.1, 0.15) is 17.0 Å². The summed E-state index contributed by atoms with van der Waals surface area (Å²) >= 11 is 6.41. The van der Waals surface area contributed by atoms with Crippen molar-refractivity contribution >= 4 is 32.8 Å². The minimum absolute atomic E-state index is 0.0329. The maximum absolute atomic E-state index is 12.8.